The Labute approximate surface area is 80.7 Å². The van der Waals surface area contributed by atoms with Crippen LogP contribution in [0.3, 0.4) is 0 Å². The van der Waals surface area contributed by atoms with Gasteiger partial charge in [0.1, 0.15) is 0 Å². The molecule has 0 aliphatic heterocycles. The molecule has 0 unspecified atom stereocenters. The molecular formula is C11H18O2. The lowest BCUT2D eigenvalue weighted by molar-refractivity contribution is -0.142. The molecule has 0 aromatic heterocycles. The van der Waals surface area contributed by atoms with Gasteiger partial charge in [-0.2, -0.15) is 0 Å². The Hall–Kier alpha value is -0.970. The van der Waals surface area contributed by atoms with Crippen molar-refractivity contribution in [1.82, 2.24) is 0 Å². The molecule has 0 aliphatic rings. The van der Waals surface area contributed by atoms with Crippen molar-refractivity contribution in [2.24, 2.45) is 0 Å². The molecule has 0 aromatic rings. The number of hydrogen-bond acceptors (Lipinski definition) is 2. The summed E-state index contributed by atoms with van der Waals surface area (Å²) in [6.45, 7) is 2.27. The van der Waals surface area contributed by atoms with Crippen molar-refractivity contribution in [3.05, 3.63) is 0 Å². The zero-order valence-corrected chi connectivity index (χ0v) is 8.34. The standard InChI is InChI=1S/C11H18O2/c1-3-5-6-7-8-9-11(12)13-10-4-2/h2H,3,5-10H2,1H3. The van der Waals surface area contributed by atoms with E-state index >= 15 is 0 Å². The Morgan fingerprint density at radius 3 is 2.62 bits per heavy atom. The number of carbonyl (C=O) groups excluding carboxylic acids is 1. The Morgan fingerprint density at radius 2 is 2.00 bits per heavy atom. The van der Waals surface area contributed by atoms with Crippen LogP contribution in [0.15, 0.2) is 0 Å². The molecule has 2 nitrogen and oxygen atoms in total. The number of carbonyl (C=O) groups is 1. The van der Waals surface area contributed by atoms with Gasteiger partial charge in [0.25, 0.3) is 0 Å². The molecular weight excluding hydrogens is 164 g/mol. The van der Waals surface area contributed by atoms with Crippen molar-refractivity contribution in [2.75, 3.05) is 6.61 Å². The van der Waals surface area contributed by atoms with Gasteiger partial charge < -0.3 is 4.74 Å². The van der Waals surface area contributed by atoms with E-state index in [1.807, 2.05) is 0 Å². The predicted octanol–water partition coefficient (Wildman–Crippen LogP) is 2.52. The van der Waals surface area contributed by atoms with Gasteiger partial charge in [-0.05, 0) is 6.42 Å². The van der Waals surface area contributed by atoms with E-state index in [0.29, 0.717) is 6.42 Å². The average Bonchev–Trinajstić information content (AvgIpc) is 2.14. The van der Waals surface area contributed by atoms with Crippen LogP contribution in [-0.2, 0) is 9.53 Å². The molecule has 74 valence electrons. The van der Waals surface area contributed by atoms with E-state index in [0.717, 1.165) is 12.8 Å². The first-order valence-corrected chi connectivity index (χ1v) is 4.90. The van der Waals surface area contributed by atoms with Crippen LogP contribution in [0.4, 0.5) is 0 Å². The number of unbranched alkanes of at least 4 members (excludes halogenated alkanes) is 4. The van der Waals surface area contributed by atoms with Gasteiger partial charge in [-0.15, -0.1) is 6.42 Å². The second-order valence-corrected chi connectivity index (χ2v) is 3.03. The van der Waals surface area contributed by atoms with E-state index in [1.54, 1.807) is 0 Å². The number of ether oxygens (including phenoxy) is 1. The van der Waals surface area contributed by atoms with Crippen LogP contribution in [0.25, 0.3) is 0 Å². The van der Waals surface area contributed by atoms with Crippen LogP contribution in [0.2, 0.25) is 0 Å². The van der Waals surface area contributed by atoms with Gasteiger partial charge in [0, 0.05) is 6.42 Å². The summed E-state index contributed by atoms with van der Waals surface area (Å²) >= 11 is 0. The molecule has 0 radical (unpaired) electrons. The molecule has 0 saturated carbocycles. The third-order valence-electron chi connectivity index (χ3n) is 1.80. The lowest BCUT2D eigenvalue weighted by Gasteiger charge is -2.00. The Balaban J connectivity index is 3.13. The summed E-state index contributed by atoms with van der Waals surface area (Å²) in [5.41, 5.74) is 0. The summed E-state index contributed by atoms with van der Waals surface area (Å²) in [5, 5.41) is 0. The highest BCUT2D eigenvalue weighted by Crippen LogP contribution is 2.05. The van der Waals surface area contributed by atoms with Gasteiger partial charge in [-0.1, -0.05) is 38.5 Å². The Bertz CT molecular complexity index is 167. The molecule has 0 atom stereocenters. The van der Waals surface area contributed by atoms with E-state index in [9.17, 15) is 4.79 Å². The number of hydrogen-bond donors (Lipinski definition) is 0. The molecule has 0 bridgehead atoms. The SMILES string of the molecule is C#CCOC(=O)CCCCCCC. The smallest absolute Gasteiger partial charge is 0.306 e. The predicted molar refractivity (Wildman–Crippen MR) is 53.2 cm³/mol. The van der Waals surface area contributed by atoms with Crippen molar-refractivity contribution in [2.45, 2.75) is 45.4 Å². The highest BCUT2D eigenvalue weighted by atomic mass is 16.5. The highest BCUT2D eigenvalue weighted by Gasteiger charge is 2.00. The molecule has 0 amide bonds. The fourth-order valence-electron chi connectivity index (χ4n) is 1.07. The van der Waals surface area contributed by atoms with Crippen molar-refractivity contribution in [1.29, 1.82) is 0 Å². The van der Waals surface area contributed by atoms with Crippen LogP contribution in [0, 0.1) is 12.3 Å². The van der Waals surface area contributed by atoms with E-state index in [4.69, 9.17) is 11.2 Å². The highest BCUT2D eigenvalue weighted by molar-refractivity contribution is 5.69. The molecule has 0 aromatic carbocycles. The monoisotopic (exact) mass is 182 g/mol. The second kappa shape index (κ2) is 9.12. The van der Waals surface area contributed by atoms with Gasteiger partial charge in [0.05, 0.1) is 0 Å². The summed E-state index contributed by atoms with van der Waals surface area (Å²) < 4.78 is 4.72. The van der Waals surface area contributed by atoms with Crippen molar-refractivity contribution < 1.29 is 9.53 Å². The van der Waals surface area contributed by atoms with Crippen LogP contribution >= 0.6 is 0 Å². The summed E-state index contributed by atoms with van der Waals surface area (Å²) in [6, 6.07) is 0. The summed E-state index contributed by atoms with van der Waals surface area (Å²) in [4.78, 5) is 10.9. The van der Waals surface area contributed by atoms with Crippen molar-refractivity contribution in [3.63, 3.8) is 0 Å². The number of rotatable bonds is 7. The van der Waals surface area contributed by atoms with Gasteiger partial charge >= 0.3 is 5.97 Å². The maximum Gasteiger partial charge on any atom is 0.306 e. The van der Waals surface area contributed by atoms with Gasteiger partial charge in [-0.3, -0.25) is 4.79 Å². The van der Waals surface area contributed by atoms with E-state index in [1.165, 1.54) is 19.3 Å². The molecule has 0 spiro atoms. The zero-order chi connectivity index (χ0) is 9.94. The first-order chi connectivity index (χ1) is 6.31. The van der Waals surface area contributed by atoms with E-state index in [-0.39, 0.29) is 12.6 Å². The molecule has 0 aliphatic carbocycles. The number of esters is 1. The largest absolute Gasteiger partial charge is 0.452 e. The molecule has 0 saturated heterocycles. The first-order valence-electron chi connectivity index (χ1n) is 4.90. The Kier molecular flexibility index (Phi) is 8.44. The topological polar surface area (TPSA) is 26.3 Å². The summed E-state index contributed by atoms with van der Waals surface area (Å²) in [5.74, 6) is 2.09. The molecule has 13 heavy (non-hydrogen) atoms. The average molecular weight is 182 g/mol. The Morgan fingerprint density at radius 1 is 1.31 bits per heavy atom. The molecule has 2 heteroatoms. The second-order valence-electron chi connectivity index (χ2n) is 3.03. The van der Waals surface area contributed by atoms with Crippen LogP contribution in [0.5, 0.6) is 0 Å². The van der Waals surface area contributed by atoms with Crippen LogP contribution in [-0.4, -0.2) is 12.6 Å². The minimum absolute atomic E-state index is 0.105. The minimum atomic E-state index is -0.172. The minimum Gasteiger partial charge on any atom is -0.452 e. The normalized spacial score (nSPS) is 9.23. The molecule has 0 fully saturated rings. The lowest BCUT2D eigenvalue weighted by Crippen LogP contribution is -2.03. The summed E-state index contributed by atoms with van der Waals surface area (Å²) in [7, 11) is 0. The number of terminal acetylenes is 1. The van der Waals surface area contributed by atoms with Gasteiger partial charge in [0.15, 0.2) is 6.61 Å². The quantitative estimate of drug-likeness (QED) is 0.343. The molecule has 0 rings (SSSR count). The maximum absolute atomic E-state index is 10.9. The fourth-order valence-corrected chi connectivity index (χ4v) is 1.07. The van der Waals surface area contributed by atoms with E-state index < -0.39 is 0 Å². The van der Waals surface area contributed by atoms with Crippen molar-refractivity contribution >= 4 is 5.97 Å². The zero-order valence-electron chi connectivity index (χ0n) is 8.34. The van der Waals surface area contributed by atoms with Crippen molar-refractivity contribution in [3.8, 4) is 12.3 Å². The molecule has 0 heterocycles. The third kappa shape index (κ3) is 8.94. The van der Waals surface area contributed by atoms with Gasteiger partial charge in [-0.25, -0.2) is 0 Å². The first kappa shape index (κ1) is 12.0. The third-order valence-corrected chi connectivity index (χ3v) is 1.80. The van der Waals surface area contributed by atoms with E-state index in [2.05, 4.69) is 12.8 Å². The summed E-state index contributed by atoms with van der Waals surface area (Å²) in [6.07, 6.45) is 11.2. The fraction of sp³-hybridized carbons (Fsp3) is 0.727. The molecule has 0 N–H and O–H groups in total. The van der Waals surface area contributed by atoms with Crippen LogP contribution in [0.1, 0.15) is 45.4 Å². The maximum atomic E-state index is 10.9. The lowest BCUT2D eigenvalue weighted by atomic mass is 10.1. The van der Waals surface area contributed by atoms with Crippen LogP contribution < -0.4 is 0 Å². The van der Waals surface area contributed by atoms with Gasteiger partial charge in [0.2, 0.25) is 0 Å².